The van der Waals surface area contributed by atoms with E-state index in [0.29, 0.717) is 12.4 Å². The van der Waals surface area contributed by atoms with Crippen molar-refractivity contribution in [3.63, 3.8) is 0 Å². The fraction of sp³-hybridized carbons (Fsp3) is 0.615. The number of nitrogens with one attached hydrogen (secondary N) is 2. The number of nitrogens with zero attached hydrogens (tertiary/aromatic N) is 4. The van der Waals surface area contributed by atoms with Crippen molar-refractivity contribution in [3.05, 3.63) is 35.5 Å². The Morgan fingerprint density at radius 2 is 1.57 bits per heavy atom. The summed E-state index contributed by atoms with van der Waals surface area (Å²) in [4.78, 5) is 14.3. The van der Waals surface area contributed by atoms with Gasteiger partial charge in [-0.05, 0) is 71.3 Å². The van der Waals surface area contributed by atoms with Crippen LogP contribution < -0.4 is 28.5 Å². The van der Waals surface area contributed by atoms with Gasteiger partial charge in [-0.2, -0.15) is 4.98 Å². The van der Waals surface area contributed by atoms with Crippen LogP contribution in [0.2, 0.25) is 0 Å². The van der Waals surface area contributed by atoms with E-state index in [9.17, 15) is 13.7 Å². The van der Waals surface area contributed by atoms with Gasteiger partial charge in [0.1, 0.15) is 15.3 Å². The first kappa shape index (κ1) is 31.1. The van der Waals surface area contributed by atoms with Gasteiger partial charge in [0.05, 0.1) is 28.8 Å². The summed E-state index contributed by atoms with van der Waals surface area (Å²) in [5.41, 5.74) is 2.49. The molecule has 0 aromatic carbocycles. The summed E-state index contributed by atoms with van der Waals surface area (Å²) in [5.74, 6) is 1.16. The monoisotopic (exact) mass is 611 g/mol. The number of pyridine rings is 2. The average Bonchev–Trinajstić information content (AvgIpc) is 2.86. The van der Waals surface area contributed by atoms with Gasteiger partial charge in [0, 0.05) is 59.7 Å². The van der Waals surface area contributed by atoms with Gasteiger partial charge < -0.3 is 14.0 Å². The molecule has 220 valence electrons. The Morgan fingerprint density at radius 3 is 2.23 bits per heavy atom. The lowest BCUT2D eigenvalue weighted by Crippen LogP contribution is -2.51. The van der Waals surface area contributed by atoms with E-state index < -0.39 is 40.5 Å². The topological polar surface area (TPSA) is 138 Å². The number of rotatable bonds is 8. The first-order valence-electron chi connectivity index (χ1n) is 13.3. The van der Waals surface area contributed by atoms with Gasteiger partial charge >= 0.3 is 8.25 Å². The van der Waals surface area contributed by atoms with Crippen LogP contribution in [0.15, 0.2) is 24.3 Å². The van der Waals surface area contributed by atoms with Gasteiger partial charge in [-0.1, -0.05) is 6.92 Å². The molecule has 14 heteroatoms. The lowest BCUT2D eigenvalue weighted by molar-refractivity contribution is 0.401. The van der Waals surface area contributed by atoms with E-state index in [0.717, 1.165) is 36.3 Å². The Morgan fingerprint density at radius 1 is 0.950 bits per heavy atom. The van der Waals surface area contributed by atoms with Gasteiger partial charge in [-0.3, -0.25) is 5.01 Å². The quantitative estimate of drug-likeness (QED) is 0.314. The minimum Gasteiger partial charge on any atom is -0.598 e. The Balaban J connectivity index is 1.45. The molecule has 5 unspecified atom stereocenters. The summed E-state index contributed by atoms with van der Waals surface area (Å²) < 4.78 is 51.7. The molecule has 0 fully saturated rings. The number of anilines is 2. The number of fused-ring (bicyclic) bond motifs is 2. The molecule has 0 bridgehead atoms. The van der Waals surface area contributed by atoms with Crippen LogP contribution in [0.4, 0.5) is 11.5 Å². The van der Waals surface area contributed by atoms with Gasteiger partial charge in [-0.25, -0.2) is 14.0 Å². The minimum absolute atomic E-state index is 0.116. The molecule has 5 atom stereocenters. The number of hydrogen-bond donors (Lipinski definition) is 2. The summed E-state index contributed by atoms with van der Waals surface area (Å²) >= 11 is -2.51. The van der Waals surface area contributed by atoms with Gasteiger partial charge in [-0.15, -0.1) is 4.72 Å². The van der Waals surface area contributed by atoms with Crippen LogP contribution in [-0.2, 0) is 27.3 Å². The molecule has 0 aliphatic carbocycles. The van der Waals surface area contributed by atoms with E-state index in [1.807, 2.05) is 70.6 Å². The molecule has 2 aromatic heterocycles. The van der Waals surface area contributed by atoms with Crippen LogP contribution in [0.5, 0.6) is 11.8 Å². The normalized spacial score (nSPS) is 21.3. The van der Waals surface area contributed by atoms with Crippen molar-refractivity contribution < 1.29 is 22.7 Å². The van der Waals surface area contributed by atoms with Crippen molar-refractivity contribution in [2.75, 3.05) is 30.0 Å². The molecular weight excluding hydrogens is 571 g/mol. The van der Waals surface area contributed by atoms with E-state index in [-0.39, 0.29) is 23.7 Å². The SMILES string of the molecule is CC1CCN(N[S+]([O-])C(C)(C)C)c2ccc(O[P+](=O)Oc3ccc4c(n3)N(C)CCC4N[S+]([O-])C(C)(C)C)nc21. The highest BCUT2D eigenvalue weighted by molar-refractivity contribution is 7.91. The van der Waals surface area contributed by atoms with E-state index in [1.54, 1.807) is 12.1 Å². The third-order valence-electron chi connectivity index (χ3n) is 6.68. The molecule has 0 amide bonds. The van der Waals surface area contributed by atoms with Crippen molar-refractivity contribution in [3.8, 4) is 11.8 Å². The first-order valence-corrected chi connectivity index (χ1v) is 16.7. The molecule has 2 aliphatic rings. The molecule has 0 spiro atoms. The summed E-state index contributed by atoms with van der Waals surface area (Å²) in [6.07, 6.45) is 1.60. The number of hydrazine groups is 1. The molecule has 2 aliphatic heterocycles. The maximum absolute atomic E-state index is 12.8. The van der Waals surface area contributed by atoms with E-state index in [2.05, 4.69) is 26.4 Å². The highest BCUT2D eigenvalue weighted by Gasteiger charge is 2.36. The second kappa shape index (κ2) is 12.2. The summed E-state index contributed by atoms with van der Waals surface area (Å²) in [6.45, 7) is 15.0. The molecule has 40 heavy (non-hydrogen) atoms. The molecule has 0 radical (unpaired) electrons. The zero-order chi connectivity index (χ0) is 29.4. The van der Waals surface area contributed by atoms with Crippen molar-refractivity contribution in [1.29, 1.82) is 0 Å². The molecular formula is C26H40N6O5PS2+. The maximum Gasteiger partial charge on any atom is 0.808 e. The third kappa shape index (κ3) is 7.31. The molecule has 2 aromatic rings. The fourth-order valence-electron chi connectivity index (χ4n) is 4.26. The third-order valence-corrected chi connectivity index (χ3v) is 10.5. The lowest BCUT2D eigenvalue weighted by Gasteiger charge is -2.35. The lowest BCUT2D eigenvalue weighted by atomic mass is 9.97. The fourth-order valence-corrected chi connectivity index (χ4v) is 6.32. The Labute approximate surface area is 244 Å². The van der Waals surface area contributed by atoms with Gasteiger partial charge in [0.15, 0.2) is 0 Å². The second-order valence-corrected chi connectivity index (χ2v) is 16.9. The van der Waals surface area contributed by atoms with E-state index >= 15 is 0 Å². The Bertz CT molecular complexity index is 1140. The zero-order valence-electron chi connectivity index (χ0n) is 24.4. The van der Waals surface area contributed by atoms with Crippen LogP contribution in [0.25, 0.3) is 0 Å². The van der Waals surface area contributed by atoms with Gasteiger partial charge in [0.25, 0.3) is 11.8 Å². The predicted octanol–water partition coefficient (Wildman–Crippen LogP) is 4.81. The van der Waals surface area contributed by atoms with Crippen LogP contribution in [-0.4, -0.2) is 48.7 Å². The highest BCUT2D eigenvalue weighted by atomic mass is 32.2. The van der Waals surface area contributed by atoms with Crippen LogP contribution in [0, 0.1) is 0 Å². The maximum atomic E-state index is 12.8. The molecule has 0 saturated heterocycles. The largest absolute Gasteiger partial charge is 0.808 e. The summed E-state index contributed by atoms with van der Waals surface area (Å²) in [5, 5.41) is 1.86. The predicted molar refractivity (Wildman–Crippen MR) is 160 cm³/mol. The molecule has 0 saturated carbocycles. The van der Waals surface area contributed by atoms with E-state index in [1.165, 1.54) is 0 Å². The summed E-state index contributed by atoms with van der Waals surface area (Å²) in [7, 11) is -0.678. The molecule has 4 rings (SSSR count). The average molecular weight is 612 g/mol. The van der Waals surface area contributed by atoms with E-state index in [4.69, 9.17) is 9.05 Å². The minimum atomic E-state index is -2.60. The first-order chi connectivity index (χ1) is 18.6. The van der Waals surface area contributed by atoms with Crippen LogP contribution in [0.3, 0.4) is 0 Å². The van der Waals surface area contributed by atoms with Crippen molar-refractivity contribution >= 4 is 42.5 Å². The molecule has 11 nitrogen and oxygen atoms in total. The van der Waals surface area contributed by atoms with Crippen molar-refractivity contribution in [2.45, 2.75) is 82.8 Å². The van der Waals surface area contributed by atoms with Crippen molar-refractivity contribution in [2.24, 2.45) is 0 Å². The molecule has 2 N–H and O–H groups in total. The second-order valence-electron chi connectivity index (χ2n) is 12.1. The van der Waals surface area contributed by atoms with Crippen LogP contribution in [0.1, 0.15) is 84.5 Å². The standard InChI is InChI=1S/C26H40N6O5PS2/c1-17-13-16-32(30-40(35)26(5,6)7)20-10-12-21(27-23(17)20)36-38(33)37-22-11-9-18-19(29-39(34)25(2,3)4)14-15-31(8)24(18)28-22/h9-12,17,19,29-30H,13-16H2,1-8H3/q+1. The van der Waals surface area contributed by atoms with Crippen LogP contribution >= 0.6 is 8.25 Å². The molecule has 4 heterocycles. The summed E-state index contributed by atoms with van der Waals surface area (Å²) in [6, 6.07) is 6.83. The highest BCUT2D eigenvalue weighted by Crippen LogP contribution is 2.39. The van der Waals surface area contributed by atoms with Gasteiger partial charge in [0.2, 0.25) is 0 Å². The Kier molecular flexibility index (Phi) is 9.46. The zero-order valence-corrected chi connectivity index (χ0v) is 26.9. The number of aromatic nitrogens is 2. The number of hydrogen-bond acceptors (Lipinski definition) is 11. The smallest absolute Gasteiger partial charge is 0.598 e. The Hall–Kier alpha value is -1.86. The van der Waals surface area contributed by atoms with Crippen molar-refractivity contribution in [1.82, 2.24) is 19.5 Å².